The van der Waals surface area contributed by atoms with Crippen LogP contribution in [0.3, 0.4) is 0 Å². The zero-order valence-corrected chi connectivity index (χ0v) is 28.5. The van der Waals surface area contributed by atoms with Crippen molar-refractivity contribution in [3.63, 3.8) is 0 Å². The predicted octanol–water partition coefficient (Wildman–Crippen LogP) is 6.16. The van der Waals surface area contributed by atoms with Crippen molar-refractivity contribution in [1.29, 1.82) is 0 Å². The number of rotatable bonds is 11. The van der Waals surface area contributed by atoms with E-state index in [1.165, 1.54) is 0 Å². The molecule has 3 aromatic carbocycles. The molecule has 11 heteroatoms. The van der Waals surface area contributed by atoms with Crippen LogP contribution in [0, 0.1) is 0 Å². The molecule has 48 heavy (non-hydrogen) atoms. The summed E-state index contributed by atoms with van der Waals surface area (Å²) < 4.78 is 22.0. The molecule has 1 atom stereocenters. The van der Waals surface area contributed by atoms with Gasteiger partial charge in [0.25, 0.3) is 5.91 Å². The van der Waals surface area contributed by atoms with Crippen LogP contribution in [-0.2, 0) is 22.6 Å². The quantitative estimate of drug-likeness (QED) is 0.244. The van der Waals surface area contributed by atoms with Gasteiger partial charge in [0, 0.05) is 56.1 Å². The topological polar surface area (TPSA) is 110 Å². The number of ether oxygens (including phenoxy) is 4. The van der Waals surface area contributed by atoms with Gasteiger partial charge < -0.3 is 39.0 Å². The Labute approximate surface area is 282 Å². The van der Waals surface area contributed by atoms with Gasteiger partial charge in [-0.05, 0) is 69.0 Å². The van der Waals surface area contributed by atoms with Crippen molar-refractivity contribution in [1.82, 2.24) is 15.1 Å². The summed E-state index contributed by atoms with van der Waals surface area (Å²) in [5.41, 5.74) is 3.92. The average Bonchev–Trinajstić information content (AvgIpc) is 3.42. The Hall–Kier alpha value is -4.93. The zero-order chi connectivity index (χ0) is 34.3. The first-order chi connectivity index (χ1) is 23.1. The predicted molar refractivity (Wildman–Crippen MR) is 182 cm³/mol. The first-order valence-corrected chi connectivity index (χ1v) is 16.4. The number of piperazine rings is 1. The van der Waals surface area contributed by atoms with Crippen LogP contribution in [0.25, 0.3) is 0 Å². The Kier molecular flexibility index (Phi) is 11.0. The van der Waals surface area contributed by atoms with Gasteiger partial charge in [-0.1, -0.05) is 42.5 Å². The Morgan fingerprint density at radius 1 is 0.896 bits per heavy atom. The smallest absolute Gasteiger partial charge is 0.410 e. The minimum absolute atomic E-state index is 0.0470. The third-order valence-electron chi connectivity index (χ3n) is 8.55. The molecule has 0 aromatic heterocycles. The summed E-state index contributed by atoms with van der Waals surface area (Å²) in [6.07, 6.45) is 0.415. The van der Waals surface area contributed by atoms with Gasteiger partial charge in [-0.2, -0.15) is 0 Å². The molecule has 1 saturated heterocycles. The Morgan fingerprint density at radius 3 is 2.31 bits per heavy atom. The maximum absolute atomic E-state index is 14.1. The lowest BCUT2D eigenvalue weighted by Crippen LogP contribution is -2.50. The number of carbonyl (C=O) groups is 3. The van der Waals surface area contributed by atoms with Gasteiger partial charge in [0.05, 0.1) is 20.3 Å². The molecule has 2 heterocycles. The second-order valence-corrected chi connectivity index (χ2v) is 13.0. The zero-order valence-electron chi connectivity index (χ0n) is 28.5. The monoisotopic (exact) mass is 658 g/mol. The van der Waals surface area contributed by atoms with Crippen molar-refractivity contribution in [2.45, 2.75) is 58.4 Å². The highest BCUT2D eigenvalue weighted by molar-refractivity contribution is 6.00. The summed E-state index contributed by atoms with van der Waals surface area (Å²) in [5, 5.41) is 2.84. The number of carbonyl (C=O) groups excluding carboxylic acids is 3. The maximum atomic E-state index is 14.1. The maximum Gasteiger partial charge on any atom is 0.410 e. The highest BCUT2D eigenvalue weighted by Crippen LogP contribution is 2.40. The van der Waals surface area contributed by atoms with Gasteiger partial charge in [-0.25, -0.2) is 9.59 Å². The summed E-state index contributed by atoms with van der Waals surface area (Å²) in [4.78, 5) is 45.0. The first-order valence-electron chi connectivity index (χ1n) is 16.4. The Morgan fingerprint density at radius 2 is 1.62 bits per heavy atom. The molecule has 3 aromatic rings. The largest absolute Gasteiger partial charge is 0.493 e. The molecular weight excluding hydrogens is 612 g/mol. The number of nitrogens with zero attached hydrogens (tertiary/aromatic N) is 3. The van der Waals surface area contributed by atoms with E-state index in [4.69, 9.17) is 18.9 Å². The van der Waals surface area contributed by atoms with E-state index in [-0.39, 0.29) is 24.6 Å². The fourth-order valence-corrected chi connectivity index (χ4v) is 6.16. The van der Waals surface area contributed by atoms with Gasteiger partial charge in [0.15, 0.2) is 11.5 Å². The van der Waals surface area contributed by atoms with Crippen molar-refractivity contribution in [3.8, 4) is 11.5 Å². The lowest BCUT2D eigenvalue weighted by atomic mass is 9.99. The summed E-state index contributed by atoms with van der Waals surface area (Å²) in [6, 6.07) is 20.8. The van der Waals surface area contributed by atoms with Gasteiger partial charge in [-0.15, -0.1) is 0 Å². The first kappa shape index (κ1) is 34.4. The minimum Gasteiger partial charge on any atom is -0.493 e. The Balaban J connectivity index is 1.28. The van der Waals surface area contributed by atoms with E-state index in [2.05, 4.69) is 16.3 Å². The molecule has 11 nitrogen and oxygen atoms in total. The molecule has 0 aliphatic carbocycles. The molecule has 3 amide bonds. The number of fused-ring (bicyclic) bond motifs is 1. The molecule has 2 aliphatic heterocycles. The van der Waals surface area contributed by atoms with Crippen LogP contribution in [-0.4, -0.2) is 80.4 Å². The molecule has 1 fully saturated rings. The molecule has 0 radical (unpaired) electrons. The van der Waals surface area contributed by atoms with Crippen molar-refractivity contribution in [2.24, 2.45) is 0 Å². The summed E-state index contributed by atoms with van der Waals surface area (Å²) in [6.45, 7) is 8.95. The van der Waals surface area contributed by atoms with Gasteiger partial charge in [0.1, 0.15) is 12.2 Å². The molecule has 1 N–H and O–H groups in total. The number of amides is 3. The van der Waals surface area contributed by atoms with Crippen LogP contribution in [0.1, 0.15) is 66.7 Å². The second-order valence-electron chi connectivity index (χ2n) is 13.0. The van der Waals surface area contributed by atoms with Crippen LogP contribution in [0.2, 0.25) is 0 Å². The number of hydrogen-bond donors (Lipinski definition) is 1. The molecule has 0 saturated carbocycles. The molecular formula is C37H46N4O7. The molecule has 5 rings (SSSR count). The highest BCUT2D eigenvalue weighted by Gasteiger charge is 2.36. The standard InChI is InChI=1S/C37H46N4O7/c1-37(2,3)48-36(44)40-21-19-39(20-22-40)31-14-9-13-28-29(31)24-41(34(28)42)30(27-16-17-32(45-4)33(23-27)46-5)15-10-18-38-35(43)47-25-26-11-7-6-8-12-26/h6-9,11-14,16-17,23,30H,10,15,18-22,24-25H2,1-5H3,(H,38,43)/t30-/m1/s1. The highest BCUT2D eigenvalue weighted by atomic mass is 16.6. The second kappa shape index (κ2) is 15.3. The average molecular weight is 659 g/mol. The number of hydrogen-bond acceptors (Lipinski definition) is 8. The minimum atomic E-state index is -0.551. The van der Waals surface area contributed by atoms with E-state index >= 15 is 0 Å². The van der Waals surface area contributed by atoms with E-state index < -0.39 is 11.7 Å². The van der Waals surface area contributed by atoms with E-state index in [9.17, 15) is 14.4 Å². The molecule has 0 bridgehead atoms. The van der Waals surface area contributed by atoms with Gasteiger partial charge in [0.2, 0.25) is 0 Å². The van der Waals surface area contributed by atoms with Crippen molar-refractivity contribution >= 4 is 23.8 Å². The van der Waals surface area contributed by atoms with Crippen molar-refractivity contribution in [3.05, 3.63) is 89.0 Å². The van der Waals surface area contributed by atoms with Crippen molar-refractivity contribution < 1.29 is 33.3 Å². The number of nitrogens with one attached hydrogen (secondary N) is 1. The molecule has 0 unspecified atom stereocenters. The summed E-state index contributed by atoms with van der Waals surface area (Å²) >= 11 is 0. The van der Waals surface area contributed by atoms with E-state index in [1.807, 2.05) is 86.3 Å². The van der Waals surface area contributed by atoms with Crippen molar-refractivity contribution in [2.75, 3.05) is 51.8 Å². The van der Waals surface area contributed by atoms with Gasteiger partial charge >= 0.3 is 12.2 Å². The number of methoxy groups -OCH3 is 2. The number of benzene rings is 3. The third-order valence-corrected chi connectivity index (χ3v) is 8.55. The SMILES string of the molecule is COc1ccc([C@@H](CCCNC(=O)OCc2ccccc2)N2Cc3c(cccc3N3CCN(C(=O)OC(C)(C)C)CC3)C2=O)cc1OC. The van der Waals surface area contributed by atoms with Crippen LogP contribution in [0.5, 0.6) is 11.5 Å². The van der Waals surface area contributed by atoms with Gasteiger partial charge in [-0.3, -0.25) is 4.79 Å². The van der Waals surface area contributed by atoms with Crippen LogP contribution in [0.4, 0.5) is 15.3 Å². The number of anilines is 1. The third kappa shape index (κ3) is 8.31. The van der Waals surface area contributed by atoms with Crippen LogP contribution in [0.15, 0.2) is 66.7 Å². The van der Waals surface area contributed by atoms with Crippen LogP contribution < -0.4 is 19.7 Å². The Bertz CT molecular complexity index is 1580. The van der Waals surface area contributed by atoms with Crippen LogP contribution >= 0.6 is 0 Å². The molecule has 256 valence electrons. The number of alkyl carbamates (subject to hydrolysis) is 1. The fraction of sp³-hybridized carbons (Fsp3) is 0.432. The summed E-state index contributed by atoms with van der Waals surface area (Å²) in [5.74, 6) is 1.14. The molecule has 0 spiro atoms. The summed E-state index contributed by atoms with van der Waals surface area (Å²) in [7, 11) is 3.18. The van der Waals surface area contributed by atoms with E-state index in [0.717, 1.165) is 22.4 Å². The lowest BCUT2D eigenvalue weighted by molar-refractivity contribution is 0.0240. The molecule has 2 aliphatic rings. The lowest BCUT2D eigenvalue weighted by Gasteiger charge is -2.37. The van der Waals surface area contributed by atoms with E-state index in [0.29, 0.717) is 69.2 Å². The normalized spacial score (nSPS) is 15.1. The van der Waals surface area contributed by atoms with E-state index in [1.54, 1.807) is 19.1 Å². The fourth-order valence-electron chi connectivity index (χ4n) is 6.16.